The highest BCUT2D eigenvalue weighted by atomic mass is 16.7. The standard InChI is InChI=1S/C23H41N3O7/c1-12-9-22(30)19(33-21-23(22,31)16(25(5)6)8-13(2)32-21)14(3)18(28)15(4)20(29)24-10-17(27)26(7)11-12/h12-16,18-19,21,28,30-31H,8-11H2,1-7H3,(H,24,29)/t12-,13-,14+,15-,16+,18+,19-,21+,22-,23-/m1/s1. The Morgan fingerprint density at radius 1 is 1.12 bits per heavy atom. The van der Waals surface area contributed by atoms with Gasteiger partial charge in [-0.15, -0.1) is 0 Å². The molecule has 190 valence electrons. The summed E-state index contributed by atoms with van der Waals surface area (Å²) in [7, 11) is 5.33. The van der Waals surface area contributed by atoms with Crippen molar-refractivity contribution in [3.05, 3.63) is 0 Å². The summed E-state index contributed by atoms with van der Waals surface area (Å²) in [6.07, 6.45) is -2.86. The average molecular weight is 472 g/mol. The Morgan fingerprint density at radius 3 is 2.36 bits per heavy atom. The monoisotopic (exact) mass is 471 g/mol. The van der Waals surface area contributed by atoms with E-state index in [2.05, 4.69) is 5.32 Å². The Labute approximate surface area is 196 Å². The van der Waals surface area contributed by atoms with Crippen molar-refractivity contribution in [2.24, 2.45) is 17.8 Å². The van der Waals surface area contributed by atoms with Crippen molar-refractivity contribution >= 4 is 11.8 Å². The Morgan fingerprint density at radius 2 is 1.76 bits per heavy atom. The molecule has 10 atom stereocenters. The number of carbonyl (C=O) groups excluding carboxylic acids is 2. The normalized spacial score (nSPS) is 47.8. The maximum atomic E-state index is 12.6. The number of aliphatic hydroxyl groups is 3. The molecule has 2 amide bonds. The summed E-state index contributed by atoms with van der Waals surface area (Å²) in [6, 6.07) is -0.464. The number of likely N-dealkylation sites (N-methyl/N-ethyl adjacent to an activating group) is 2. The van der Waals surface area contributed by atoms with E-state index in [0.717, 1.165) is 0 Å². The Bertz CT molecular complexity index is 752. The first-order chi connectivity index (χ1) is 15.2. The fourth-order valence-corrected chi connectivity index (χ4v) is 5.98. The van der Waals surface area contributed by atoms with Gasteiger partial charge in [-0.25, -0.2) is 0 Å². The smallest absolute Gasteiger partial charge is 0.241 e. The summed E-state index contributed by atoms with van der Waals surface area (Å²) in [4.78, 5) is 28.5. The third-order valence-corrected chi connectivity index (χ3v) is 7.86. The predicted octanol–water partition coefficient (Wildman–Crippen LogP) is -0.840. The number of fused-ring (bicyclic) bond motifs is 3. The number of nitrogens with one attached hydrogen (secondary N) is 1. The van der Waals surface area contributed by atoms with Crippen LogP contribution in [0.25, 0.3) is 0 Å². The first-order valence-corrected chi connectivity index (χ1v) is 11.9. The molecule has 3 aliphatic heterocycles. The molecule has 3 rings (SSSR count). The number of rotatable bonds is 1. The topological polar surface area (TPSA) is 132 Å². The third kappa shape index (κ3) is 4.41. The molecule has 10 nitrogen and oxygen atoms in total. The van der Waals surface area contributed by atoms with Gasteiger partial charge in [0.05, 0.1) is 30.8 Å². The largest absolute Gasteiger partial charge is 0.392 e. The van der Waals surface area contributed by atoms with Gasteiger partial charge in [0, 0.05) is 25.6 Å². The summed E-state index contributed by atoms with van der Waals surface area (Å²) < 4.78 is 12.2. The molecule has 0 saturated carbocycles. The van der Waals surface area contributed by atoms with Gasteiger partial charge in [0.15, 0.2) is 11.9 Å². The van der Waals surface area contributed by atoms with Crippen LogP contribution in [0.2, 0.25) is 0 Å². The van der Waals surface area contributed by atoms with E-state index in [-0.39, 0.29) is 30.9 Å². The Hall–Kier alpha value is -1.30. The predicted molar refractivity (Wildman–Crippen MR) is 120 cm³/mol. The van der Waals surface area contributed by atoms with Gasteiger partial charge in [-0.2, -0.15) is 0 Å². The lowest BCUT2D eigenvalue weighted by Crippen LogP contribution is -2.72. The number of hydrogen-bond acceptors (Lipinski definition) is 8. The second-order valence-electron chi connectivity index (χ2n) is 10.7. The van der Waals surface area contributed by atoms with Gasteiger partial charge in [-0.1, -0.05) is 20.8 Å². The summed E-state index contributed by atoms with van der Waals surface area (Å²) in [5, 5.41) is 38.1. The second kappa shape index (κ2) is 9.39. The molecule has 0 aromatic rings. The van der Waals surface area contributed by atoms with Crippen LogP contribution in [0, 0.1) is 17.8 Å². The molecule has 0 aromatic carbocycles. The first kappa shape index (κ1) is 26.3. The fraction of sp³-hybridized carbons (Fsp3) is 0.913. The van der Waals surface area contributed by atoms with Crippen LogP contribution in [0.4, 0.5) is 0 Å². The minimum Gasteiger partial charge on any atom is -0.392 e. The number of ether oxygens (including phenoxy) is 2. The maximum Gasteiger partial charge on any atom is 0.241 e. The minimum absolute atomic E-state index is 0.122. The van der Waals surface area contributed by atoms with Crippen molar-refractivity contribution in [3.8, 4) is 0 Å². The zero-order valence-corrected chi connectivity index (χ0v) is 20.8. The molecule has 3 fully saturated rings. The maximum absolute atomic E-state index is 12.6. The molecule has 3 saturated heterocycles. The van der Waals surface area contributed by atoms with E-state index in [9.17, 15) is 24.9 Å². The molecule has 0 unspecified atom stereocenters. The Balaban J connectivity index is 2.10. The van der Waals surface area contributed by atoms with Crippen LogP contribution in [0.3, 0.4) is 0 Å². The highest BCUT2D eigenvalue weighted by molar-refractivity contribution is 5.85. The van der Waals surface area contributed by atoms with Gasteiger partial charge in [0.2, 0.25) is 11.8 Å². The molecule has 0 bridgehead atoms. The van der Waals surface area contributed by atoms with E-state index in [0.29, 0.717) is 13.0 Å². The van der Waals surface area contributed by atoms with Crippen LogP contribution >= 0.6 is 0 Å². The van der Waals surface area contributed by atoms with Crippen molar-refractivity contribution in [3.63, 3.8) is 0 Å². The minimum atomic E-state index is -1.79. The number of nitrogens with zero attached hydrogens (tertiary/aromatic N) is 2. The third-order valence-electron chi connectivity index (χ3n) is 7.86. The molecule has 0 aromatic heterocycles. The van der Waals surface area contributed by atoms with Crippen LogP contribution in [-0.4, -0.2) is 113 Å². The van der Waals surface area contributed by atoms with Gasteiger partial charge < -0.3 is 39.9 Å². The van der Waals surface area contributed by atoms with E-state index in [4.69, 9.17) is 9.47 Å². The van der Waals surface area contributed by atoms with E-state index < -0.39 is 53.5 Å². The van der Waals surface area contributed by atoms with Crippen molar-refractivity contribution in [2.75, 3.05) is 34.2 Å². The number of hydrogen-bond donors (Lipinski definition) is 4. The van der Waals surface area contributed by atoms with Crippen LogP contribution in [0.1, 0.15) is 40.5 Å². The highest BCUT2D eigenvalue weighted by Crippen LogP contribution is 2.53. The molecular formula is C23H41N3O7. The van der Waals surface area contributed by atoms with Crippen molar-refractivity contribution in [1.29, 1.82) is 0 Å². The fourth-order valence-electron chi connectivity index (χ4n) is 5.98. The molecular weight excluding hydrogens is 430 g/mol. The first-order valence-electron chi connectivity index (χ1n) is 11.9. The van der Waals surface area contributed by atoms with Crippen molar-refractivity contribution in [1.82, 2.24) is 15.1 Å². The second-order valence-corrected chi connectivity index (χ2v) is 10.7. The molecule has 33 heavy (non-hydrogen) atoms. The van der Waals surface area contributed by atoms with Crippen LogP contribution in [-0.2, 0) is 19.1 Å². The molecule has 0 aliphatic carbocycles. The van der Waals surface area contributed by atoms with Gasteiger partial charge in [-0.3, -0.25) is 9.59 Å². The van der Waals surface area contributed by atoms with Crippen LogP contribution in [0.15, 0.2) is 0 Å². The van der Waals surface area contributed by atoms with Gasteiger partial charge >= 0.3 is 0 Å². The molecule has 4 N–H and O–H groups in total. The number of carbonyl (C=O) groups is 2. The highest BCUT2D eigenvalue weighted by Gasteiger charge is 2.72. The lowest BCUT2D eigenvalue weighted by molar-refractivity contribution is -0.284. The van der Waals surface area contributed by atoms with E-state index in [1.165, 1.54) is 4.90 Å². The van der Waals surface area contributed by atoms with Gasteiger partial charge in [0.25, 0.3) is 0 Å². The number of amides is 2. The lowest BCUT2D eigenvalue weighted by Gasteiger charge is -2.52. The molecule has 3 aliphatic rings. The molecule has 10 heteroatoms. The quantitative estimate of drug-likeness (QED) is 0.389. The molecule has 0 spiro atoms. The summed E-state index contributed by atoms with van der Waals surface area (Å²) in [5.41, 5.74) is -3.56. The van der Waals surface area contributed by atoms with Gasteiger partial charge in [0.1, 0.15) is 5.60 Å². The molecule has 3 heterocycles. The zero-order chi connectivity index (χ0) is 24.9. The average Bonchev–Trinajstić information content (AvgIpc) is 2.95. The van der Waals surface area contributed by atoms with E-state index >= 15 is 0 Å². The lowest BCUT2D eigenvalue weighted by atomic mass is 9.66. The van der Waals surface area contributed by atoms with E-state index in [1.807, 2.05) is 32.8 Å². The van der Waals surface area contributed by atoms with Gasteiger partial charge in [-0.05, 0) is 39.8 Å². The van der Waals surface area contributed by atoms with Crippen LogP contribution in [0.5, 0.6) is 0 Å². The van der Waals surface area contributed by atoms with Crippen LogP contribution < -0.4 is 5.32 Å². The number of aliphatic hydroxyl groups excluding tert-OH is 1. The van der Waals surface area contributed by atoms with Crippen molar-refractivity contribution in [2.45, 2.75) is 82.4 Å². The Kier molecular flexibility index (Phi) is 7.49. The summed E-state index contributed by atoms with van der Waals surface area (Å²) >= 11 is 0. The zero-order valence-electron chi connectivity index (χ0n) is 20.8. The van der Waals surface area contributed by atoms with E-state index in [1.54, 1.807) is 20.9 Å². The summed E-state index contributed by atoms with van der Waals surface area (Å²) in [5.74, 6) is -2.50. The SMILES string of the molecule is C[C@H]1CN(C)C(=O)CNC(=O)[C@H](C)[C@@H](O)[C@H](C)[C@H]2O[C@@H]3O[C@H](C)C[C@H](N(C)C)[C@]3(O)[C@@]2(O)C1. The summed E-state index contributed by atoms with van der Waals surface area (Å²) in [6.45, 7) is 7.23. The molecule has 0 radical (unpaired) electrons. The van der Waals surface area contributed by atoms with Crippen molar-refractivity contribution < 1.29 is 34.4 Å².